The normalized spacial score (nSPS) is 13.5. The minimum atomic E-state index is 0.906. The molecule has 4 heterocycles. The summed E-state index contributed by atoms with van der Waals surface area (Å²) < 4.78 is 2.24. The van der Waals surface area contributed by atoms with Crippen LogP contribution in [0.25, 0.3) is 60.6 Å². The largest absolute Gasteiger partial charge is 0.290 e. The number of hydrogen-bond acceptors (Lipinski definition) is 3. The summed E-state index contributed by atoms with van der Waals surface area (Å²) in [6, 6.07) is 22.5. The van der Waals surface area contributed by atoms with Crippen molar-refractivity contribution >= 4 is 38.4 Å². The van der Waals surface area contributed by atoms with Crippen molar-refractivity contribution in [1.82, 2.24) is 19.4 Å². The average Bonchev–Trinajstić information content (AvgIpc) is 3.58. The van der Waals surface area contributed by atoms with Crippen LogP contribution < -0.4 is 0 Å². The number of nitrogens with zero attached hydrogens (tertiary/aromatic N) is 4. The Bertz CT molecular complexity index is 2070. The maximum absolute atomic E-state index is 5.03. The third kappa shape index (κ3) is 2.15. The fourth-order valence-corrected chi connectivity index (χ4v) is 6.53. The zero-order valence-electron chi connectivity index (χ0n) is 18.8. The van der Waals surface area contributed by atoms with Crippen molar-refractivity contribution in [3.63, 3.8) is 0 Å². The average molecular weight is 447 g/mol. The van der Waals surface area contributed by atoms with Gasteiger partial charge in [-0.15, -0.1) is 0 Å². The number of aromatic nitrogens is 4. The van der Waals surface area contributed by atoms with Crippen molar-refractivity contribution in [3.8, 4) is 22.3 Å². The number of rotatable bonds is 0. The van der Waals surface area contributed by atoms with E-state index in [2.05, 4.69) is 69.0 Å². The monoisotopic (exact) mass is 446 g/mol. The molecular weight excluding hydrogens is 428 g/mol. The zero-order valence-corrected chi connectivity index (χ0v) is 18.8. The van der Waals surface area contributed by atoms with E-state index in [1.807, 2.05) is 30.9 Å². The smallest absolute Gasteiger partial charge is 0.146 e. The second-order valence-electron chi connectivity index (χ2n) is 9.72. The molecule has 0 saturated heterocycles. The van der Waals surface area contributed by atoms with Gasteiger partial charge < -0.3 is 0 Å². The molecule has 7 aromatic rings. The molecule has 0 unspecified atom stereocenters. The van der Waals surface area contributed by atoms with Crippen LogP contribution in [0.2, 0.25) is 0 Å². The molecule has 0 N–H and O–H groups in total. The first-order valence-corrected chi connectivity index (χ1v) is 12.0. The Morgan fingerprint density at radius 1 is 0.629 bits per heavy atom. The Hall–Kier alpha value is -4.57. The summed E-state index contributed by atoms with van der Waals surface area (Å²) in [4.78, 5) is 13.8. The molecule has 3 aromatic carbocycles. The van der Waals surface area contributed by atoms with Gasteiger partial charge in [0.05, 0.1) is 23.4 Å². The molecule has 0 bridgehead atoms. The van der Waals surface area contributed by atoms with Crippen LogP contribution >= 0.6 is 0 Å². The standard InChI is InChI=1S/C31H18N4/c1-2-4-20-17(3-1)11-18-5-6-21-23-14-24-22-7-9-33-16-29(22)35-28-8-10-32-15-27(28)34-31(35)26(24)13-19(23)12-25(21)30(18)20/h1-10,13-16H,11-12H2. The Labute approximate surface area is 200 Å². The van der Waals surface area contributed by atoms with Gasteiger partial charge in [0.2, 0.25) is 0 Å². The van der Waals surface area contributed by atoms with Gasteiger partial charge in [-0.25, -0.2) is 4.98 Å². The Morgan fingerprint density at radius 2 is 1.54 bits per heavy atom. The highest BCUT2D eigenvalue weighted by molar-refractivity contribution is 6.15. The highest BCUT2D eigenvalue weighted by Gasteiger charge is 2.29. The molecule has 0 saturated carbocycles. The van der Waals surface area contributed by atoms with Gasteiger partial charge in [-0.05, 0) is 87.0 Å². The summed E-state index contributed by atoms with van der Waals surface area (Å²) in [6.45, 7) is 0. The predicted molar refractivity (Wildman–Crippen MR) is 140 cm³/mol. The van der Waals surface area contributed by atoms with Gasteiger partial charge in [-0.1, -0.05) is 36.4 Å². The minimum absolute atomic E-state index is 0.906. The molecule has 2 aliphatic rings. The third-order valence-corrected chi connectivity index (χ3v) is 8.00. The van der Waals surface area contributed by atoms with E-state index in [9.17, 15) is 0 Å². The maximum atomic E-state index is 5.03. The van der Waals surface area contributed by atoms with Crippen LogP contribution in [0.15, 0.2) is 85.5 Å². The molecule has 0 aliphatic heterocycles. The molecule has 4 nitrogen and oxygen atoms in total. The van der Waals surface area contributed by atoms with Crippen LogP contribution in [0.5, 0.6) is 0 Å². The molecule has 0 atom stereocenters. The molecule has 4 heteroatoms. The van der Waals surface area contributed by atoms with Crippen molar-refractivity contribution in [2.45, 2.75) is 12.8 Å². The van der Waals surface area contributed by atoms with Crippen molar-refractivity contribution in [1.29, 1.82) is 0 Å². The van der Waals surface area contributed by atoms with E-state index in [0.29, 0.717) is 0 Å². The van der Waals surface area contributed by atoms with Crippen molar-refractivity contribution in [2.24, 2.45) is 0 Å². The predicted octanol–water partition coefficient (Wildman–Crippen LogP) is 6.73. The molecule has 2 aliphatic carbocycles. The highest BCUT2D eigenvalue weighted by Crippen LogP contribution is 2.49. The van der Waals surface area contributed by atoms with E-state index in [-0.39, 0.29) is 0 Å². The highest BCUT2D eigenvalue weighted by atomic mass is 15.0. The van der Waals surface area contributed by atoms with Crippen molar-refractivity contribution < 1.29 is 0 Å². The second kappa shape index (κ2) is 6.10. The molecular formula is C31H18N4. The van der Waals surface area contributed by atoms with E-state index in [4.69, 9.17) is 4.98 Å². The lowest BCUT2D eigenvalue weighted by Crippen LogP contribution is -1.93. The molecule has 35 heavy (non-hydrogen) atoms. The summed E-state index contributed by atoms with van der Waals surface area (Å²) in [6.07, 6.45) is 9.51. The van der Waals surface area contributed by atoms with Gasteiger partial charge in [-0.3, -0.25) is 14.4 Å². The maximum Gasteiger partial charge on any atom is 0.146 e. The van der Waals surface area contributed by atoms with E-state index in [0.717, 1.165) is 35.0 Å². The first-order valence-electron chi connectivity index (χ1n) is 12.0. The van der Waals surface area contributed by atoms with Gasteiger partial charge in [0, 0.05) is 23.2 Å². The lowest BCUT2D eigenvalue weighted by atomic mass is 9.95. The number of benzene rings is 3. The second-order valence-corrected chi connectivity index (χ2v) is 9.72. The van der Waals surface area contributed by atoms with Gasteiger partial charge in [0.1, 0.15) is 11.2 Å². The van der Waals surface area contributed by atoms with Gasteiger partial charge in [0.25, 0.3) is 0 Å². The Balaban J connectivity index is 1.40. The van der Waals surface area contributed by atoms with Crippen LogP contribution in [0, 0.1) is 0 Å². The topological polar surface area (TPSA) is 43.1 Å². The lowest BCUT2D eigenvalue weighted by molar-refractivity contribution is 1.23. The molecule has 0 fully saturated rings. The number of pyridine rings is 3. The first-order chi connectivity index (χ1) is 17.3. The summed E-state index contributed by atoms with van der Waals surface area (Å²) in [5.41, 5.74) is 15.3. The lowest BCUT2D eigenvalue weighted by Gasteiger charge is -2.11. The summed E-state index contributed by atoms with van der Waals surface area (Å²) in [5, 5.41) is 3.61. The summed E-state index contributed by atoms with van der Waals surface area (Å²) in [7, 11) is 0. The van der Waals surface area contributed by atoms with Gasteiger partial charge >= 0.3 is 0 Å². The van der Waals surface area contributed by atoms with Crippen LogP contribution in [0.4, 0.5) is 0 Å². The molecule has 0 spiro atoms. The van der Waals surface area contributed by atoms with Crippen molar-refractivity contribution in [3.05, 3.63) is 108 Å². The van der Waals surface area contributed by atoms with Crippen LogP contribution in [0.1, 0.15) is 22.3 Å². The third-order valence-electron chi connectivity index (χ3n) is 8.00. The number of hydrogen-bond donors (Lipinski definition) is 0. The molecule has 162 valence electrons. The van der Waals surface area contributed by atoms with Crippen LogP contribution in [-0.4, -0.2) is 19.4 Å². The number of fused-ring (bicyclic) bond motifs is 15. The van der Waals surface area contributed by atoms with Crippen LogP contribution in [0.3, 0.4) is 0 Å². The fraction of sp³-hybridized carbons (Fsp3) is 0.0645. The van der Waals surface area contributed by atoms with E-state index in [1.54, 1.807) is 0 Å². The Kier molecular flexibility index (Phi) is 3.11. The molecule has 0 radical (unpaired) electrons. The van der Waals surface area contributed by atoms with Crippen molar-refractivity contribution in [2.75, 3.05) is 0 Å². The summed E-state index contributed by atoms with van der Waals surface area (Å²) in [5.74, 6) is 0. The first kappa shape index (κ1) is 17.8. The fourth-order valence-electron chi connectivity index (χ4n) is 6.53. The van der Waals surface area contributed by atoms with E-state index in [1.165, 1.54) is 60.7 Å². The van der Waals surface area contributed by atoms with Gasteiger partial charge in [-0.2, -0.15) is 0 Å². The van der Waals surface area contributed by atoms with E-state index >= 15 is 0 Å². The molecule has 9 rings (SSSR count). The minimum Gasteiger partial charge on any atom is -0.290 e. The molecule has 0 amide bonds. The SMILES string of the molecule is c1ccc2c(c1)Cc1ccc3c(c1-2)Cc1cc2c(cc1-3)c1ccncc1n1c3ccncc3nc21. The van der Waals surface area contributed by atoms with Gasteiger partial charge in [0.15, 0.2) is 0 Å². The van der Waals surface area contributed by atoms with Crippen LogP contribution in [-0.2, 0) is 12.8 Å². The Morgan fingerprint density at radius 3 is 2.54 bits per heavy atom. The molecule has 4 aromatic heterocycles. The number of imidazole rings is 1. The quantitative estimate of drug-likeness (QED) is 0.243. The zero-order chi connectivity index (χ0) is 22.7. The summed E-state index contributed by atoms with van der Waals surface area (Å²) >= 11 is 0. The van der Waals surface area contributed by atoms with E-state index < -0.39 is 0 Å².